The number of anilines is 1. The molecule has 1 N–H and O–H groups in total. The molecular formula is C20H30N2O4. The van der Waals surface area contributed by atoms with E-state index in [1.54, 1.807) is 0 Å². The predicted octanol–water partition coefficient (Wildman–Crippen LogP) is 4.12. The average Bonchev–Trinajstić information content (AvgIpc) is 3.03. The van der Waals surface area contributed by atoms with Crippen molar-refractivity contribution in [1.29, 1.82) is 0 Å². The highest BCUT2D eigenvalue weighted by Crippen LogP contribution is 2.28. The van der Waals surface area contributed by atoms with Gasteiger partial charge in [-0.1, -0.05) is 13.0 Å². The highest BCUT2D eigenvalue weighted by Gasteiger charge is 2.36. The smallest absolute Gasteiger partial charge is 0.410 e. The molecule has 6 heteroatoms. The second kappa shape index (κ2) is 8.43. The lowest BCUT2D eigenvalue weighted by molar-refractivity contribution is -0.120. The molecule has 0 saturated carbocycles. The maximum absolute atomic E-state index is 12.8. The molecule has 26 heavy (non-hydrogen) atoms. The van der Waals surface area contributed by atoms with Crippen molar-refractivity contribution >= 4 is 17.7 Å². The second-order valence-corrected chi connectivity index (χ2v) is 7.67. The van der Waals surface area contributed by atoms with Crippen LogP contribution in [-0.2, 0) is 9.53 Å². The number of rotatable bonds is 5. The topological polar surface area (TPSA) is 67.9 Å². The van der Waals surface area contributed by atoms with Crippen LogP contribution in [0.15, 0.2) is 18.2 Å². The number of amides is 2. The summed E-state index contributed by atoms with van der Waals surface area (Å²) >= 11 is 0. The summed E-state index contributed by atoms with van der Waals surface area (Å²) in [7, 11) is 0. The van der Waals surface area contributed by atoms with Crippen LogP contribution >= 0.6 is 0 Å². The summed E-state index contributed by atoms with van der Waals surface area (Å²) in [4.78, 5) is 26.7. The average molecular weight is 362 g/mol. The third-order valence-electron chi connectivity index (χ3n) is 4.04. The van der Waals surface area contributed by atoms with E-state index >= 15 is 0 Å². The Hall–Kier alpha value is -2.24. The van der Waals surface area contributed by atoms with Crippen molar-refractivity contribution < 1.29 is 19.1 Å². The van der Waals surface area contributed by atoms with Crippen LogP contribution < -0.4 is 10.1 Å². The zero-order valence-corrected chi connectivity index (χ0v) is 16.4. The molecule has 0 aromatic heterocycles. The van der Waals surface area contributed by atoms with Crippen LogP contribution in [0.2, 0.25) is 0 Å². The van der Waals surface area contributed by atoms with Crippen LogP contribution in [0.4, 0.5) is 10.5 Å². The van der Waals surface area contributed by atoms with E-state index in [0.29, 0.717) is 31.0 Å². The standard InChI is InChI=1S/C20H30N2O4/c1-6-12-25-17-13-14(2)9-10-15(17)21-18(23)16-8-7-11-22(16)19(24)26-20(3,4)5/h9-10,13,16H,6-8,11-12H2,1-5H3,(H,21,23)/t16-/m0/s1. The summed E-state index contributed by atoms with van der Waals surface area (Å²) in [6, 6.07) is 5.15. The molecule has 0 bridgehead atoms. The molecule has 0 unspecified atom stereocenters. The molecule has 1 aromatic carbocycles. The minimum absolute atomic E-state index is 0.210. The fourth-order valence-corrected chi connectivity index (χ4v) is 2.86. The second-order valence-electron chi connectivity index (χ2n) is 7.67. The quantitative estimate of drug-likeness (QED) is 0.855. The Kier molecular flexibility index (Phi) is 6.51. The molecule has 0 aliphatic carbocycles. The molecule has 1 saturated heterocycles. The third kappa shape index (κ3) is 5.38. The van der Waals surface area contributed by atoms with Gasteiger partial charge in [-0.15, -0.1) is 0 Å². The van der Waals surface area contributed by atoms with E-state index in [2.05, 4.69) is 5.32 Å². The zero-order valence-electron chi connectivity index (χ0n) is 16.4. The number of hydrogen-bond acceptors (Lipinski definition) is 4. The maximum Gasteiger partial charge on any atom is 0.410 e. The number of likely N-dealkylation sites (tertiary alicyclic amines) is 1. The monoisotopic (exact) mass is 362 g/mol. The minimum Gasteiger partial charge on any atom is -0.491 e. The summed E-state index contributed by atoms with van der Waals surface area (Å²) in [5, 5.41) is 2.92. The number of benzene rings is 1. The molecular weight excluding hydrogens is 332 g/mol. The van der Waals surface area contributed by atoms with Gasteiger partial charge in [0, 0.05) is 6.54 Å². The first kappa shape index (κ1) is 20.1. The van der Waals surface area contributed by atoms with Gasteiger partial charge in [0.05, 0.1) is 12.3 Å². The first-order chi connectivity index (χ1) is 12.2. The molecule has 0 radical (unpaired) electrons. The van der Waals surface area contributed by atoms with Crippen LogP contribution in [-0.4, -0.2) is 41.7 Å². The van der Waals surface area contributed by atoms with Gasteiger partial charge >= 0.3 is 6.09 Å². The number of hydrogen-bond donors (Lipinski definition) is 1. The normalized spacial score (nSPS) is 17.1. The lowest BCUT2D eigenvalue weighted by Crippen LogP contribution is -2.45. The van der Waals surface area contributed by atoms with Gasteiger partial charge in [-0.3, -0.25) is 9.69 Å². The van der Waals surface area contributed by atoms with E-state index in [0.717, 1.165) is 18.4 Å². The van der Waals surface area contributed by atoms with Crippen LogP contribution in [0.1, 0.15) is 52.5 Å². The predicted molar refractivity (Wildman–Crippen MR) is 102 cm³/mol. The number of nitrogens with zero attached hydrogens (tertiary/aromatic N) is 1. The van der Waals surface area contributed by atoms with Crippen molar-refractivity contribution in [1.82, 2.24) is 4.90 Å². The van der Waals surface area contributed by atoms with E-state index in [-0.39, 0.29) is 5.91 Å². The van der Waals surface area contributed by atoms with Crippen molar-refractivity contribution in [3.05, 3.63) is 23.8 Å². The van der Waals surface area contributed by atoms with Gasteiger partial charge in [0.1, 0.15) is 17.4 Å². The molecule has 6 nitrogen and oxygen atoms in total. The van der Waals surface area contributed by atoms with E-state index in [1.807, 2.05) is 52.8 Å². The Balaban J connectivity index is 2.10. The molecule has 2 amide bonds. The Morgan fingerprint density at radius 2 is 2.04 bits per heavy atom. The summed E-state index contributed by atoms with van der Waals surface area (Å²) in [5.74, 6) is 0.445. The molecule has 2 rings (SSSR count). The molecule has 144 valence electrons. The lowest BCUT2D eigenvalue weighted by Gasteiger charge is -2.28. The lowest BCUT2D eigenvalue weighted by atomic mass is 10.1. The van der Waals surface area contributed by atoms with Crippen molar-refractivity contribution in [2.75, 3.05) is 18.5 Å². The SMILES string of the molecule is CCCOc1cc(C)ccc1NC(=O)[C@@H]1CCCN1C(=O)OC(C)(C)C. The van der Waals surface area contributed by atoms with Crippen molar-refractivity contribution in [3.63, 3.8) is 0 Å². The first-order valence-corrected chi connectivity index (χ1v) is 9.25. The molecule has 1 atom stereocenters. The summed E-state index contributed by atoms with van der Waals surface area (Å²) in [6.45, 7) is 10.6. The number of carbonyl (C=O) groups excluding carboxylic acids is 2. The fraction of sp³-hybridized carbons (Fsp3) is 0.600. The van der Waals surface area contributed by atoms with Gasteiger partial charge < -0.3 is 14.8 Å². The van der Waals surface area contributed by atoms with Crippen LogP contribution in [0.25, 0.3) is 0 Å². The number of carbonyl (C=O) groups is 2. The molecule has 1 aromatic rings. The van der Waals surface area contributed by atoms with E-state index in [1.165, 1.54) is 4.90 Å². The molecule has 1 fully saturated rings. The maximum atomic E-state index is 12.8. The van der Waals surface area contributed by atoms with Gasteiger partial charge in [-0.25, -0.2) is 4.79 Å². The largest absolute Gasteiger partial charge is 0.491 e. The highest BCUT2D eigenvalue weighted by molar-refractivity contribution is 5.98. The number of nitrogens with one attached hydrogen (secondary N) is 1. The van der Waals surface area contributed by atoms with Crippen LogP contribution in [0.3, 0.4) is 0 Å². The Morgan fingerprint density at radius 1 is 1.31 bits per heavy atom. The molecule has 1 aliphatic heterocycles. The summed E-state index contributed by atoms with van der Waals surface area (Å²) in [5.41, 5.74) is 1.11. The number of ether oxygens (including phenoxy) is 2. The molecule has 1 aliphatic rings. The van der Waals surface area contributed by atoms with Gasteiger partial charge in [0.2, 0.25) is 5.91 Å². The number of aryl methyl sites for hydroxylation is 1. The van der Waals surface area contributed by atoms with E-state index in [9.17, 15) is 9.59 Å². The van der Waals surface area contributed by atoms with Crippen molar-refractivity contribution in [2.45, 2.75) is 65.5 Å². The first-order valence-electron chi connectivity index (χ1n) is 9.25. The highest BCUT2D eigenvalue weighted by atomic mass is 16.6. The van der Waals surface area contributed by atoms with Gasteiger partial charge in [0.25, 0.3) is 0 Å². The Morgan fingerprint density at radius 3 is 2.69 bits per heavy atom. The van der Waals surface area contributed by atoms with Crippen molar-refractivity contribution in [2.24, 2.45) is 0 Å². The van der Waals surface area contributed by atoms with Crippen LogP contribution in [0.5, 0.6) is 5.75 Å². The van der Waals surface area contributed by atoms with Gasteiger partial charge in [0.15, 0.2) is 0 Å². The fourth-order valence-electron chi connectivity index (χ4n) is 2.86. The molecule has 1 heterocycles. The van der Waals surface area contributed by atoms with Crippen molar-refractivity contribution in [3.8, 4) is 5.75 Å². The van der Waals surface area contributed by atoms with E-state index in [4.69, 9.17) is 9.47 Å². The Bertz CT molecular complexity index is 652. The van der Waals surface area contributed by atoms with Gasteiger partial charge in [-0.2, -0.15) is 0 Å². The molecule has 0 spiro atoms. The minimum atomic E-state index is -0.585. The zero-order chi connectivity index (χ0) is 19.3. The third-order valence-corrected chi connectivity index (χ3v) is 4.04. The van der Waals surface area contributed by atoms with Gasteiger partial charge in [-0.05, 0) is 64.7 Å². The van der Waals surface area contributed by atoms with E-state index < -0.39 is 17.7 Å². The van der Waals surface area contributed by atoms with Crippen LogP contribution in [0, 0.1) is 6.92 Å². The summed E-state index contributed by atoms with van der Waals surface area (Å²) < 4.78 is 11.2. The Labute approximate surface area is 155 Å². The summed E-state index contributed by atoms with van der Waals surface area (Å²) in [6.07, 6.45) is 1.85.